The summed E-state index contributed by atoms with van der Waals surface area (Å²) in [6, 6.07) is 13.9. The molecule has 0 fully saturated rings. The minimum Gasteiger partial charge on any atom is -0.256 e. The predicted molar refractivity (Wildman–Crippen MR) is 88.9 cm³/mol. The Bertz CT molecular complexity index is 655. The highest BCUT2D eigenvalue weighted by Gasteiger charge is 2.25. The van der Waals surface area contributed by atoms with Gasteiger partial charge in [-0.2, -0.15) is 5.10 Å². The highest BCUT2D eigenvalue weighted by atomic mass is 79.9. The van der Waals surface area contributed by atoms with E-state index < -0.39 is 0 Å². The molecule has 1 heterocycles. The van der Waals surface area contributed by atoms with Crippen LogP contribution in [-0.4, -0.2) is 6.21 Å². The molecule has 5 heteroatoms. The predicted octanol–water partition coefficient (Wildman–Crippen LogP) is 5.69. The monoisotopic (exact) mass is 368 g/mol. The molecule has 0 aromatic heterocycles. The molecule has 102 valence electrons. The zero-order valence-corrected chi connectivity index (χ0v) is 13.5. The Morgan fingerprint density at radius 1 is 1.10 bits per heavy atom. The molecule has 0 radical (unpaired) electrons. The molecule has 0 bridgehead atoms. The summed E-state index contributed by atoms with van der Waals surface area (Å²) in [6.45, 7) is 0. The van der Waals surface area contributed by atoms with E-state index in [4.69, 9.17) is 23.2 Å². The first-order valence-corrected chi connectivity index (χ1v) is 7.72. The minimum absolute atomic E-state index is 0.168. The van der Waals surface area contributed by atoms with Gasteiger partial charge in [-0.3, -0.25) is 5.01 Å². The Morgan fingerprint density at radius 2 is 1.85 bits per heavy atom. The lowest BCUT2D eigenvalue weighted by Crippen LogP contribution is -2.18. The van der Waals surface area contributed by atoms with Crippen LogP contribution in [0.5, 0.6) is 0 Å². The second-order valence-corrected chi connectivity index (χ2v) is 6.30. The normalized spacial score (nSPS) is 17.8. The van der Waals surface area contributed by atoms with Crippen LogP contribution in [0.2, 0.25) is 10.0 Å². The first-order valence-electron chi connectivity index (χ1n) is 6.17. The molecule has 1 aliphatic rings. The van der Waals surface area contributed by atoms with Crippen LogP contribution in [0, 0.1) is 0 Å². The maximum absolute atomic E-state index is 6.28. The second kappa shape index (κ2) is 5.76. The Balaban J connectivity index is 1.95. The summed E-state index contributed by atoms with van der Waals surface area (Å²) in [6.07, 6.45) is 2.78. The number of benzene rings is 2. The lowest BCUT2D eigenvalue weighted by molar-refractivity contribution is 0.709. The lowest BCUT2D eigenvalue weighted by Gasteiger charge is -2.25. The molecule has 2 nitrogen and oxygen atoms in total. The molecule has 2 aromatic carbocycles. The average Bonchev–Trinajstić information content (AvgIpc) is 2.88. The summed E-state index contributed by atoms with van der Waals surface area (Å²) in [4.78, 5) is 0. The first-order chi connectivity index (χ1) is 9.65. The van der Waals surface area contributed by atoms with Gasteiger partial charge >= 0.3 is 0 Å². The molecule has 20 heavy (non-hydrogen) atoms. The van der Waals surface area contributed by atoms with Gasteiger partial charge in [0.25, 0.3) is 0 Å². The zero-order valence-electron chi connectivity index (χ0n) is 10.4. The SMILES string of the molecule is Clc1ccc(N2N=CCC2c2ccc(Br)cc2)c(Cl)c1. The van der Waals surface area contributed by atoms with Crippen LogP contribution < -0.4 is 5.01 Å². The van der Waals surface area contributed by atoms with Crippen molar-refractivity contribution in [1.29, 1.82) is 0 Å². The fourth-order valence-corrected chi connectivity index (χ4v) is 3.03. The summed E-state index contributed by atoms with van der Waals surface area (Å²) in [5.74, 6) is 0. The van der Waals surface area contributed by atoms with Crippen molar-refractivity contribution in [2.75, 3.05) is 5.01 Å². The van der Waals surface area contributed by atoms with Crippen LogP contribution in [0.15, 0.2) is 52.0 Å². The van der Waals surface area contributed by atoms with Gasteiger partial charge in [0.1, 0.15) is 0 Å². The number of halogens is 3. The van der Waals surface area contributed by atoms with Crippen molar-refractivity contribution < 1.29 is 0 Å². The third kappa shape index (κ3) is 2.71. The summed E-state index contributed by atoms with van der Waals surface area (Å²) in [7, 11) is 0. The molecule has 1 aliphatic heterocycles. The number of rotatable bonds is 2. The fraction of sp³-hybridized carbons (Fsp3) is 0.133. The number of nitrogens with zero attached hydrogens (tertiary/aromatic N) is 2. The van der Waals surface area contributed by atoms with E-state index in [0.717, 1.165) is 16.6 Å². The molecule has 0 saturated heterocycles. The van der Waals surface area contributed by atoms with Crippen molar-refractivity contribution >= 4 is 51.0 Å². The van der Waals surface area contributed by atoms with Crippen molar-refractivity contribution in [2.45, 2.75) is 12.5 Å². The van der Waals surface area contributed by atoms with E-state index in [2.05, 4.69) is 33.2 Å². The van der Waals surface area contributed by atoms with Gasteiger partial charge in [0.2, 0.25) is 0 Å². The summed E-state index contributed by atoms with van der Waals surface area (Å²) >= 11 is 15.7. The molecule has 1 atom stereocenters. The van der Waals surface area contributed by atoms with Gasteiger partial charge in [0.05, 0.1) is 16.8 Å². The fourth-order valence-electron chi connectivity index (χ4n) is 2.27. The highest BCUT2D eigenvalue weighted by Crippen LogP contribution is 2.38. The minimum atomic E-state index is 0.168. The van der Waals surface area contributed by atoms with E-state index in [1.54, 1.807) is 6.07 Å². The zero-order chi connectivity index (χ0) is 14.1. The maximum atomic E-state index is 6.28. The first kappa shape index (κ1) is 13.9. The van der Waals surface area contributed by atoms with Crippen molar-refractivity contribution in [3.8, 4) is 0 Å². The van der Waals surface area contributed by atoms with E-state index in [9.17, 15) is 0 Å². The van der Waals surface area contributed by atoms with Gasteiger partial charge < -0.3 is 0 Å². The van der Waals surface area contributed by atoms with Gasteiger partial charge in [0, 0.05) is 22.1 Å². The Kier molecular flexibility index (Phi) is 4.01. The quantitative estimate of drug-likeness (QED) is 0.663. The molecule has 0 amide bonds. The Hall–Kier alpha value is -1.03. The van der Waals surface area contributed by atoms with Gasteiger partial charge in [0.15, 0.2) is 0 Å². The van der Waals surface area contributed by atoms with Crippen molar-refractivity contribution in [3.63, 3.8) is 0 Å². The van der Waals surface area contributed by atoms with Crippen LogP contribution >= 0.6 is 39.1 Å². The summed E-state index contributed by atoms with van der Waals surface area (Å²) < 4.78 is 1.07. The molecule has 0 aliphatic carbocycles. The van der Waals surface area contributed by atoms with E-state index >= 15 is 0 Å². The lowest BCUT2D eigenvalue weighted by atomic mass is 10.0. The summed E-state index contributed by atoms with van der Waals surface area (Å²) in [5.41, 5.74) is 2.08. The van der Waals surface area contributed by atoms with Gasteiger partial charge in [-0.25, -0.2) is 0 Å². The topological polar surface area (TPSA) is 15.6 Å². The molecule has 0 spiro atoms. The third-order valence-electron chi connectivity index (χ3n) is 3.24. The highest BCUT2D eigenvalue weighted by molar-refractivity contribution is 9.10. The standard InChI is InChI=1S/C15H11BrCl2N2/c16-11-3-1-10(2-4-11)14-7-8-19-20(14)15-6-5-12(17)9-13(15)18/h1-6,8-9,14H,7H2. The van der Waals surface area contributed by atoms with E-state index in [0.29, 0.717) is 10.0 Å². The smallest absolute Gasteiger partial charge is 0.0826 e. The van der Waals surface area contributed by atoms with Crippen LogP contribution in [0.4, 0.5) is 5.69 Å². The number of hydrogen-bond donors (Lipinski definition) is 0. The largest absolute Gasteiger partial charge is 0.256 e. The van der Waals surface area contributed by atoms with Crippen LogP contribution in [-0.2, 0) is 0 Å². The van der Waals surface area contributed by atoms with Crippen LogP contribution in [0.3, 0.4) is 0 Å². The van der Waals surface area contributed by atoms with Crippen LogP contribution in [0.25, 0.3) is 0 Å². The van der Waals surface area contributed by atoms with Gasteiger partial charge in [-0.15, -0.1) is 0 Å². The van der Waals surface area contributed by atoms with E-state index in [1.807, 2.05) is 35.5 Å². The Morgan fingerprint density at radius 3 is 2.55 bits per heavy atom. The number of anilines is 1. The molecule has 0 saturated carbocycles. The third-order valence-corrected chi connectivity index (χ3v) is 4.31. The van der Waals surface area contributed by atoms with Crippen molar-refractivity contribution in [3.05, 3.63) is 62.5 Å². The molecule has 2 aromatic rings. The van der Waals surface area contributed by atoms with E-state index in [-0.39, 0.29) is 6.04 Å². The molecule has 3 rings (SSSR count). The van der Waals surface area contributed by atoms with E-state index in [1.165, 1.54) is 5.56 Å². The molecular weight excluding hydrogens is 359 g/mol. The van der Waals surface area contributed by atoms with Crippen molar-refractivity contribution in [1.82, 2.24) is 0 Å². The molecule has 0 N–H and O–H groups in total. The average molecular weight is 370 g/mol. The molecule has 1 unspecified atom stereocenters. The maximum Gasteiger partial charge on any atom is 0.0826 e. The number of hydrazone groups is 1. The van der Waals surface area contributed by atoms with Crippen molar-refractivity contribution in [2.24, 2.45) is 5.10 Å². The second-order valence-electron chi connectivity index (χ2n) is 4.54. The summed E-state index contributed by atoms with van der Waals surface area (Å²) in [5, 5.41) is 7.63. The van der Waals surface area contributed by atoms with Crippen LogP contribution in [0.1, 0.15) is 18.0 Å². The Labute approximate surface area is 136 Å². The number of hydrogen-bond acceptors (Lipinski definition) is 2. The molecular formula is C15H11BrCl2N2. The van der Waals surface area contributed by atoms with Gasteiger partial charge in [-0.1, -0.05) is 51.3 Å². The van der Waals surface area contributed by atoms with Gasteiger partial charge in [-0.05, 0) is 35.9 Å².